The third-order valence-electron chi connectivity index (χ3n) is 1.93. The summed E-state index contributed by atoms with van der Waals surface area (Å²) in [7, 11) is 0. The zero-order chi connectivity index (χ0) is 10.8. The van der Waals surface area contributed by atoms with E-state index in [9.17, 15) is 0 Å². The molecule has 0 atom stereocenters. The number of hydrogen-bond acceptors (Lipinski definition) is 2. The second-order valence-corrected chi connectivity index (χ2v) is 3.69. The number of nitrogens with zero attached hydrogens (tertiary/aromatic N) is 2. The highest BCUT2D eigenvalue weighted by Crippen LogP contribution is 2.23. The zero-order valence-corrected chi connectivity index (χ0v) is 9.20. The molecule has 3 nitrogen and oxygen atoms in total. The minimum atomic E-state index is 0.308. The van der Waals surface area contributed by atoms with Crippen LogP contribution in [0.5, 0.6) is 0 Å². The second-order valence-electron chi connectivity index (χ2n) is 2.95. The van der Waals surface area contributed by atoms with Crippen LogP contribution in [0.15, 0.2) is 36.5 Å². The van der Waals surface area contributed by atoms with Gasteiger partial charge in [0.05, 0.1) is 5.69 Å². The molecule has 1 aromatic heterocycles. The summed E-state index contributed by atoms with van der Waals surface area (Å²) in [5, 5.41) is 4.71. The molecule has 0 spiro atoms. The van der Waals surface area contributed by atoms with Gasteiger partial charge >= 0.3 is 5.15 Å². The number of halogens is 2. The van der Waals surface area contributed by atoms with Gasteiger partial charge in [-0.25, -0.2) is 0 Å². The van der Waals surface area contributed by atoms with Crippen LogP contribution in [0.25, 0.3) is 5.69 Å². The second kappa shape index (κ2) is 4.04. The molecule has 0 radical (unpaired) electrons. The third-order valence-corrected chi connectivity index (χ3v) is 2.78. The van der Waals surface area contributed by atoms with Crippen molar-refractivity contribution in [1.29, 1.82) is 0 Å². The highest BCUT2D eigenvalue weighted by Gasteiger charge is 2.19. The van der Waals surface area contributed by atoms with Crippen LogP contribution < -0.4 is 10.4 Å². The summed E-state index contributed by atoms with van der Waals surface area (Å²) in [6.07, 6.45) is 1.47. The van der Waals surface area contributed by atoms with E-state index in [1.54, 1.807) is 0 Å². The quantitative estimate of drug-likeness (QED) is 0.778. The molecule has 0 aliphatic heterocycles. The third kappa shape index (κ3) is 1.89. The fourth-order valence-corrected chi connectivity index (χ4v) is 1.57. The molecule has 1 aromatic carbocycles. The van der Waals surface area contributed by atoms with E-state index in [-0.39, 0.29) is 0 Å². The Labute approximate surface area is 97.1 Å². The molecular weight excluding hydrogens is 233 g/mol. The van der Waals surface area contributed by atoms with E-state index in [4.69, 9.17) is 28.9 Å². The first-order valence-electron chi connectivity index (χ1n) is 4.27. The molecule has 0 aliphatic rings. The van der Waals surface area contributed by atoms with Crippen LogP contribution in [-0.4, -0.2) is 5.10 Å². The van der Waals surface area contributed by atoms with Crippen molar-refractivity contribution in [2.45, 2.75) is 0 Å². The van der Waals surface area contributed by atoms with E-state index >= 15 is 0 Å². The number of benzene rings is 1. The molecule has 0 bridgehead atoms. The smallest absolute Gasteiger partial charge is 0.328 e. The number of rotatable bonds is 1. The summed E-state index contributed by atoms with van der Waals surface area (Å²) in [4.78, 5) is 0. The van der Waals surface area contributed by atoms with E-state index in [0.717, 1.165) is 5.69 Å². The van der Waals surface area contributed by atoms with Gasteiger partial charge in [-0.05, 0) is 16.3 Å². The molecule has 76 valence electrons. The first-order valence-corrected chi connectivity index (χ1v) is 5.03. The van der Waals surface area contributed by atoms with E-state index < -0.39 is 0 Å². The molecule has 0 aliphatic carbocycles. The summed E-state index contributed by atoms with van der Waals surface area (Å²) in [5.74, 6) is 0. The van der Waals surface area contributed by atoms with Crippen molar-refractivity contribution in [2.24, 2.45) is 0 Å². The van der Waals surface area contributed by atoms with Gasteiger partial charge in [-0.15, -0.1) is 0 Å². The summed E-state index contributed by atoms with van der Waals surface area (Å²) >= 11 is 11.9. The molecule has 0 unspecified atom stereocenters. The number of nitrogens with two attached hydrogens (primary N) is 1. The average Bonchev–Trinajstić information content (AvgIpc) is 2.27. The highest BCUT2D eigenvalue weighted by atomic mass is 35.5. The lowest BCUT2D eigenvalue weighted by atomic mass is 10.3. The lowest BCUT2D eigenvalue weighted by Crippen LogP contribution is -2.36. The van der Waals surface area contributed by atoms with E-state index in [2.05, 4.69) is 5.10 Å². The first kappa shape index (κ1) is 10.2. The van der Waals surface area contributed by atoms with Crippen LogP contribution >= 0.6 is 23.2 Å². The standard InChI is InChI=1S/C10H7Cl2N3/c11-9-8(13)6-14-15(10(9)12)7-4-2-1-3-5-7/h1-6,13H/p+1. The summed E-state index contributed by atoms with van der Waals surface area (Å²) < 4.78 is 1.53. The molecule has 0 saturated carbocycles. The number of hydrogen-bond donors (Lipinski definition) is 1. The van der Waals surface area contributed by atoms with Gasteiger partial charge < -0.3 is 5.73 Å². The van der Waals surface area contributed by atoms with Gasteiger partial charge in [0.1, 0.15) is 6.20 Å². The van der Waals surface area contributed by atoms with Gasteiger partial charge in [0.25, 0.3) is 0 Å². The summed E-state index contributed by atoms with van der Waals surface area (Å²) in [5.41, 5.74) is 6.78. The van der Waals surface area contributed by atoms with Crippen LogP contribution in [0.1, 0.15) is 0 Å². The molecule has 2 aromatic rings. The van der Waals surface area contributed by atoms with Gasteiger partial charge in [0, 0.05) is 17.2 Å². The van der Waals surface area contributed by atoms with Crippen LogP contribution in [0.2, 0.25) is 10.2 Å². The molecule has 0 fully saturated rings. The number of aromatic nitrogens is 2. The summed E-state index contributed by atoms with van der Waals surface area (Å²) in [6.45, 7) is 0. The predicted octanol–water partition coefficient (Wildman–Crippen LogP) is 2.25. The Morgan fingerprint density at radius 1 is 1.13 bits per heavy atom. The lowest BCUT2D eigenvalue weighted by molar-refractivity contribution is -0.657. The van der Waals surface area contributed by atoms with Gasteiger partial charge in [0.15, 0.2) is 5.02 Å². The number of nitrogen functional groups attached to an aromatic ring is 1. The number of anilines is 1. The van der Waals surface area contributed by atoms with Crippen LogP contribution in [0, 0.1) is 0 Å². The summed E-state index contributed by atoms with van der Waals surface area (Å²) in [6, 6.07) is 9.46. The molecule has 15 heavy (non-hydrogen) atoms. The molecular formula is C10H8Cl2N3+. The first-order chi connectivity index (χ1) is 7.20. The maximum atomic E-state index is 6.02. The van der Waals surface area contributed by atoms with Gasteiger partial charge in [-0.1, -0.05) is 29.8 Å². The number of para-hydroxylation sites is 1. The van der Waals surface area contributed by atoms with E-state index in [1.807, 2.05) is 30.3 Å². The van der Waals surface area contributed by atoms with Gasteiger partial charge in [0.2, 0.25) is 5.69 Å². The molecule has 5 heteroatoms. The highest BCUT2D eigenvalue weighted by molar-refractivity contribution is 6.42. The van der Waals surface area contributed by atoms with Crippen molar-refractivity contribution in [3.63, 3.8) is 0 Å². The Kier molecular flexibility index (Phi) is 2.75. The Morgan fingerprint density at radius 2 is 1.80 bits per heavy atom. The van der Waals surface area contributed by atoms with Crippen LogP contribution in [-0.2, 0) is 0 Å². The van der Waals surface area contributed by atoms with Crippen LogP contribution in [0.3, 0.4) is 0 Å². The Hall–Kier alpha value is -1.32. The fourth-order valence-electron chi connectivity index (χ4n) is 1.19. The largest absolute Gasteiger partial charge is 0.396 e. The van der Waals surface area contributed by atoms with Crippen LogP contribution in [0.4, 0.5) is 5.69 Å². The van der Waals surface area contributed by atoms with Crippen molar-refractivity contribution in [3.8, 4) is 5.69 Å². The fraction of sp³-hybridized carbons (Fsp3) is 0. The van der Waals surface area contributed by atoms with Crippen molar-refractivity contribution >= 4 is 28.9 Å². The topological polar surface area (TPSA) is 42.8 Å². The zero-order valence-electron chi connectivity index (χ0n) is 7.69. The Balaban J connectivity index is 2.60. The van der Waals surface area contributed by atoms with Crippen molar-refractivity contribution in [1.82, 2.24) is 5.10 Å². The van der Waals surface area contributed by atoms with Crippen molar-refractivity contribution in [2.75, 3.05) is 5.73 Å². The lowest BCUT2D eigenvalue weighted by Gasteiger charge is -1.98. The normalized spacial score (nSPS) is 10.3. The molecule has 2 rings (SSSR count). The molecule has 2 N–H and O–H groups in total. The minimum absolute atomic E-state index is 0.308. The molecule has 1 heterocycles. The Morgan fingerprint density at radius 3 is 2.47 bits per heavy atom. The van der Waals surface area contributed by atoms with Crippen molar-refractivity contribution < 1.29 is 4.68 Å². The molecule has 0 saturated heterocycles. The SMILES string of the molecule is Nc1cn[n+](-c2ccccc2)c(Cl)c1Cl. The van der Waals surface area contributed by atoms with E-state index in [1.165, 1.54) is 10.9 Å². The maximum absolute atomic E-state index is 6.02. The molecule has 0 amide bonds. The van der Waals surface area contributed by atoms with Crippen molar-refractivity contribution in [3.05, 3.63) is 46.7 Å². The minimum Gasteiger partial charge on any atom is -0.396 e. The predicted molar refractivity (Wildman–Crippen MR) is 60.2 cm³/mol. The average molecular weight is 241 g/mol. The monoisotopic (exact) mass is 240 g/mol. The Bertz CT molecular complexity index is 486. The van der Waals surface area contributed by atoms with Gasteiger partial charge in [-0.3, -0.25) is 0 Å². The maximum Gasteiger partial charge on any atom is 0.328 e. The van der Waals surface area contributed by atoms with Gasteiger partial charge in [-0.2, -0.15) is 0 Å². The van der Waals surface area contributed by atoms with E-state index in [0.29, 0.717) is 15.9 Å².